The topological polar surface area (TPSA) is 62.1 Å². The van der Waals surface area contributed by atoms with Gasteiger partial charge in [0.1, 0.15) is 5.82 Å². The second kappa shape index (κ2) is 5.78. The van der Waals surface area contributed by atoms with Crippen molar-refractivity contribution in [2.75, 3.05) is 14.2 Å². The van der Waals surface area contributed by atoms with E-state index in [0.717, 1.165) is 40.5 Å². The van der Waals surface area contributed by atoms with Gasteiger partial charge in [-0.25, -0.2) is 9.97 Å². The van der Waals surface area contributed by atoms with Crippen LogP contribution in [-0.2, 0) is 13.5 Å². The van der Waals surface area contributed by atoms with Gasteiger partial charge in [-0.1, -0.05) is 0 Å². The van der Waals surface area contributed by atoms with Gasteiger partial charge in [-0.3, -0.25) is 0 Å². The summed E-state index contributed by atoms with van der Waals surface area (Å²) in [5.41, 5.74) is 3.43. The molecule has 0 saturated heterocycles. The first-order valence-corrected chi connectivity index (χ1v) is 8.11. The Kier molecular flexibility index (Phi) is 3.59. The van der Waals surface area contributed by atoms with Gasteiger partial charge in [0.15, 0.2) is 5.65 Å². The van der Waals surface area contributed by atoms with Crippen molar-refractivity contribution >= 4 is 11.2 Å². The Morgan fingerprint density at radius 2 is 1.92 bits per heavy atom. The predicted octanol–water partition coefficient (Wildman–Crippen LogP) is 3.00. The second-order valence-corrected chi connectivity index (χ2v) is 6.18. The Morgan fingerprint density at radius 1 is 1.12 bits per heavy atom. The fraction of sp³-hybridized carbons (Fsp3) is 0.389. The first kappa shape index (κ1) is 14.9. The van der Waals surface area contributed by atoms with Crippen LogP contribution in [0, 0.1) is 5.92 Å². The number of rotatable bonds is 5. The van der Waals surface area contributed by atoms with E-state index in [0.29, 0.717) is 11.8 Å². The minimum Gasteiger partial charge on any atom is -0.481 e. The maximum Gasteiger partial charge on any atom is 0.223 e. The molecule has 0 radical (unpaired) electrons. The maximum atomic E-state index is 5.51. The quantitative estimate of drug-likeness (QED) is 0.722. The molecule has 0 N–H and O–H groups in total. The molecule has 0 spiro atoms. The van der Waals surface area contributed by atoms with Gasteiger partial charge in [-0.05, 0) is 37.0 Å². The van der Waals surface area contributed by atoms with Crippen molar-refractivity contribution in [3.63, 3.8) is 0 Å². The van der Waals surface area contributed by atoms with Crippen LogP contribution in [0.4, 0.5) is 0 Å². The molecule has 6 nitrogen and oxygen atoms in total. The van der Waals surface area contributed by atoms with Crippen molar-refractivity contribution in [2.45, 2.75) is 19.3 Å². The molecule has 124 valence electrons. The lowest BCUT2D eigenvalue weighted by atomic mass is 10.1. The summed E-state index contributed by atoms with van der Waals surface area (Å²) >= 11 is 0. The summed E-state index contributed by atoms with van der Waals surface area (Å²) in [5.74, 6) is 2.94. The predicted molar refractivity (Wildman–Crippen MR) is 91.3 cm³/mol. The van der Waals surface area contributed by atoms with Crippen LogP contribution in [0.15, 0.2) is 24.4 Å². The van der Waals surface area contributed by atoms with E-state index < -0.39 is 0 Å². The highest BCUT2D eigenvalue weighted by Gasteiger charge is 2.25. The zero-order valence-corrected chi connectivity index (χ0v) is 14.1. The van der Waals surface area contributed by atoms with Gasteiger partial charge < -0.3 is 14.0 Å². The fourth-order valence-corrected chi connectivity index (χ4v) is 3.01. The minimum absolute atomic E-state index is 0.532. The number of aromatic nitrogens is 4. The third-order valence-corrected chi connectivity index (χ3v) is 4.55. The van der Waals surface area contributed by atoms with Gasteiger partial charge >= 0.3 is 0 Å². The summed E-state index contributed by atoms with van der Waals surface area (Å²) < 4.78 is 13.0. The molecule has 0 unspecified atom stereocenters. The summed E-state index contributed by atoms with van der Waals surface area (Å²) in [7, 11) is 5.28. The zero-order chi connectivity index (χ0) is 16.7. The molecule has 0 atom stereocenters. The average molecular weight is 324 g/mol. The average Bonchev–Trinajstić information content (AvgIpc) is 3.38. The van der Waals surface area contributed by atoms with Crippen molar-refractivity contribution < 1.29 is 9.47 Å². The first-order valence-electron chi connectivity index (χ1n) is 8.11. The number of ether oxygens (including phenoxy) is 2. The Morgan fingerprint density at radius 3 is 2.62 bits per heavy atom. The molecule has 0 aliphatic heterocycles. The SMILES string of the molecule is COc1ncccc1-c1cc2c(nc1OC)nc(CC1CC1)n2C. The third kappa shape index (κ3) is 2.48. The Labute approximate surface area is 140 Å². The molecule has 3 aromatic heterocycles. The van der Waals surface area contributed by atoms with Crippen LogP contribution in [0.25, 0.3) is 22.3 Å². The van der Waals surface area contributed by atoms with Crippen molar-refractivity contribution in [1.82, 2.24) is 19.5 Å². The van der Waals surface area contributed by atoms with Crippen molar-refractivity contribution in [2.24, 2.45) is 13.0 Å². The summed E-state index contributed by atoms with van der Waals surface area (Å²) in [6, 6.07) is 5.89. The summed E-state index contributed by atoms with van der Waals surface area (Å²) in [5, 5.41) is 0. The Hall–Kier alpha value is -2.63. The third-order valence-electron chi connectivity index (χ3n) is 4.55. The highest BCUT2D eigenvalue weighted by molar-refractivity contribution is 5.84. The lowest BCUT2D eigenvalue weighted by Crippen LogP contribution is -1.99. The molecule has 1 fully saturated rings. The van der Waals surface area contributed by atoms with Gasteiger partial charge in [0, 0.05) is 25.2 Å². The number of imidazole rings is 1. The van der Waals surface area contributed by atoms with E-state index >= 15 is 0 Å². The van der Waals surface area contributed by atoms with E-state index in [1.165, 1.54) is 12.8 Å². The standard InChI is InChI=1S/C18H20N4O2/c1-22-14-10-13(12-5-4-8-19-17(12)23-2)18(24-3)21-16(14)20-15(22)9-11-6-7-11/h4-5,8,10-11H,6-7,9H2,1-3H3. The summed E-state index contributed by atoms with van der Waals surface area (Å²) in [6.45, 7) is 0. The number of fused-ring (bicyclic) bond motifs is 1. The highest BCUT2D eigenvalue weighted by Crippen LogP contribution is 2.37. The lowest BCUT2D eigenvalue weighted by Gasteiger charge is -2.11. The largest absolute Gasteiger partial charge is 0.481 e. The van der Waals surface area contributed by atoms with E-state index in [1.54, 1.807) is 20.4 Å². The zero-order valence-electron chi connectivity index (χ0n) is 14.1. The lowest BCUT2D eigenvalue weighted by molar-refractivity contribution is 0.393. The molecule has 4 rings (SSSR count). The number of nitrogens with zero attached hydrogens (tertiary/aromatic N) is 4. The molecule has 0 aromatic carbocycles. The second-order valence-electron chi connectivity index (χ2n) is 6.18. The molecule has 3 aromatic rings. The van der Waals surface area contributed by atoms with Crippen molar-refractivity contribution in [1.29, 1.82) is 0 Å². The number of hydrogen-bond donors (Lipinski definition) is 0. The van der Waals surface area contributed by atoms with Gasteiger partial charge in [0.25, 0.3) is 0 Å². The van der Waals surface area contributed by atoms with Gasteiger partial charge in [-0.2, -0.15) is 4.98 Å². The molecule has 6 heteroatoms. The number of pyridine rings is 2. The van der Waals surface area contributed by atoms with Crippen LogP contribution >= 0.6 is 0 Å². The highest BCUT2D eigenvalue weighted by atomic mass is 16.5. The molecule has 1 aliphatic carbocycles. The van der Waals surface area contributed by atoms with Crippen LogP contribution in [-0.4, -0.2) is 33.7 Å². The van der Waals surface area contributed by atoms with Gasteiger partial charge in [-0.15, -0.1) is 0 Å². The molecule has 24 heavy (non-hydrogen) atoms. The number of aryl methyl sites for hydroxylation is 1. The van der Waals surface area contributed by atoms with E-state index in [4.69, 9.17) is 14.5 Å². The van der Waals surface area contributed by atoms with Crippen molar-refractivity contribution in [3.8, 4) is 22.9 Å². The number of hydrogen-bond acceptors (Lipinski definition) is 5. The fourth-order valence-electron chi connectivity index (χ4n) is 3.01. The molecule has 1 aliphatic rings. The summed E-state index contributed by atoms with van der Waals surface area (Å²) in [6.07, 6.45) is 5.33. The maximum absolute atomic E-state index is 5.51. The molecule has 3 heterocycles. The minimum atomic E-state index is 0.532. The van der Waals surface area contributed by atoms with Crippen LogP contribution in [0.1, 0.15) is 18.7 Å². The van der Waals surface area contributed by atoms with E-state index in [1.807, 2.05) is 19.2 Å². The van der Waals surface area contributed by atoms with Crippen LogP contribution in [0.2, 0.25) is 0 Å². The number of methoxy groups -OCH3 is 2. The molecular weight excluding hydrogens is 304 g/mol. The molecule has 0 amide bonds. The van der Waals surface area contributed by atoms with Gasteiger partial charge in [0.05, 0.1) is 25.3 Å². The van der Waals surface area contributed by atoms with E-state index in [9.17, 15) is 0 Å². The van der Waals surface area contributed by atoms with E-state index in [-0.39, 0.29) is 0 Å². The first-order chi connectivity index (χ1) is 11.7. The smallest absolute Gasteiger partial charge is 0.223 e. The Bertz CT molecular complexity index is 899. The normalized spacial score (nSPS) is 14.1. The van der Waals surface area contributed by atoms with Crippen LogP contribution < -0.4 is 9.47 Å². The van der Waals surface area contributed by atoms with Crippen LogP contribution in [0.3, 0.4) is 0 Å². The monoisotopic (exact) mass is 324 g/mol. The van der Waals surface area contributed by atoms with Crippen molar-refractivity contribution in [3.05, 3.63) is 30.2 Å². The molecular formula is C18H20N4O2. The van der Waals surface area contributed by atoms with E-state index in [2.05, 4.69) is 20.6 Å². The molecule has 1 saturated carbocycles. The molecule has 0 bridgehead atoms. The Balaban J connectivity index is 1.89. The van der Waals surface area contributed by atoms with Crippen LogP contribution in [0.5, 0.6) is 11.8 Å². The summed E-state index contributed by atoms with van der Waals surface area (Å²) in [4.78, 5) is 13.6. The van der Waals surface area contributed by atoms with Gasteiger partial charge in [0.2, 0.25) is 11.8 Å².